The summed E-state index contributed by atoms with van der Waals surface area (Å²) >= 11 is 0. The summed E-state index contributed by atoms with van der Waals surface area (Å²) in [5.41, 5.74) is 3.98. The molecular weight excluding hydrogens is 228 g/mol. The molecule has 1 N–H and O–H groups in total. The Morgan fingerprint density at radius 3 is 3.06 bits per heavy atom. The third-order valence-electron chi connectivity index (χ3n) is 2.96. The number of fused-ring (bicyclic) bond motifs is 1. The van der Waals surface area contributed by atoms with Gasteiger partial charge in [0.25, 0.3) is 5.91 Å². The monoisotopic (exact) mass is 240 g/mol. The normalized spacial score (nSPS) is 13.5. The molecule has 1 aliphatic heterocycles. The van der Waals surface area contributed by atoms with Crippen LogP contribution in [0.15, 0.2) is 36.7 Å². The molecule has 4 nitrogen and oxygen atoms in total. The van der Waals surface area contributed by atoms with E-state index in [1.54, 1.807) is 6.20 Å². The van der Waals surface area contributed by atoms with E-state index >= 15 is 0 Å². The zero-order chi connectivity index (χ0) is 12.5. The fourth-order valence-corrected chi connectivity index (χ4v) is 2.01. The highest BCUT2D eigenvalue weighted by Gasteiger charge is 2.16. The standard InChI is InChI=1S/C14H12N2O2/c1-9-4-5-15-7-11(9)10-2-3-12-13(6-10)18-8-14(17)16-12/h2-7H,8H2,1H3,(H,16,17). The fourth-order valence-electron chi connectivity index (χ4n) is 2.01. The van der Waals surface area contributed by atoms with E-state index in [-0.39, 0.29) is 12.5 Å². The SMILES string of the molecule is Cc1ccncc1-c1ccc2c(c1)OCC(=O)N2. The largest absolute Gasteiger partial charge is 0.482 e. The molecule has 3 rings (SSSR count). The summed E-state index contributed by atoms with van der Waals surface area (Å²) in [6.45, 7) is 2.11. The minimum absolute atomic E-state index is 0.0719. The van der Waals surface area contributed by atoms with Crippen molar-refractivity contribution in [2.24, 2.45) is 0 Å². The third kappa shape index (κ3) is 1.82. The summed E-state index contributed by atoms with van der Waals surface area (Å²) in [5, 5.41) is 2.77. The van der Waals surface area contributed by atoms with Gasteiger partial charge in [-0.3, -0.25) is 9.78 Å². The predicted octanol–water partition coefficient (Wildman–Crippen LogP) is 2.39. The van der Waals surface area contributed by atoms with Crippen molar-refractivity contribution < 1.29 is 9.53 Å². The highest BCUT2D eigenvalue weighted by Crippen LogP contribution is 2.33. The molecule has 2 heterocycles. The van der Waals surface area contributed by atoms with Crippen LogP contribution in [0, 0.1) is 6.92 Å². The number of amides is 1. The number of nitrogens with zero attached hydrogens (tertiary/aromatic N) is 1. The number of hydrogen-bond acceptors (Lipinski definition) is 3. The number of anilines is 1. The average Bonchev–Trinajstić information content (AvgIpc) is 2.39. The first-order valence-corrected chi connectivity index (χ1v) is 5.72. The number of pyridine rings is 1. The molecule has 1 aromatic carbocycles. The van der Waals surface area contributed by atoms with Crippen LogP contribution in [0.5, 0.6) is 5.75 Å². The Labute approximate surface area is 105 Å². The molecule has 1 aliphatic rings. The quantitative estimate of drug-likeness (QED) is 0.832. The molecule has 0 aliphatic carbocycles. The number of aryl methyl sites for hydroxylation is 1. The number of benzene rings is 1. The van der Waals surface area contributed by atoms with E-state index in [1.165, 1.54) is 0 Å². The average molecular weight is 240 g/mol. The minimum Gasteiger partial charge on any atom is -0.482 e. The van der Waals surface area contributed by atoms with E-state index in [0.717, 1.165) is 22.4 Å². The van der Waals surface area contributed by atoms with Crippen molar-refractivity contribution >= 4 is 11.6 Å². The van der Waals surface area contributed by atoms with Crippen molar-refractivity contribution in [2.45, 2.75) is 6.92 Å². The van der Waals surface area contributed by atoms with Gasteiger partial charge in [-0.2, -0.15) is 0 Å². The number of carbonyl (C=O) groups excluding carboxylic acids is 1. The highest BCUT2D eigenvalue weighted by atomic mass is 16.5. The van der Waals surface area contributed by atoms with Crippen molar-refractivity contribution in [3.05, 3.63) is 42.2 Å². The number of carbonyl (C=O) groups is 1. The van der Waals surface area contributed by atoms with Crippen molar-refractivity contribution in [3.63, 3.8) is 0 Å². The highest BCUT2D eigenvalue weighted by molar-refractivity contribution is 5.95. The summed E-state index contributed by atoms with van der Waals surface area (Å²) in [7, 11) is 0. The van der Waals surface area contributed by atoms with Gasteiger partial charge in [0.05, 0.1) is 5.69 Å². The summed E-state index contributed by atoms with van der Waals surface area (Å²) in [5.74, 6) is 0.586. The first-order chi connectivity index (χ1) is 8.74. The smallest absolute Gasteiger partial charge is 0.262 e. The molecular formula is C14H12N2O2. The van der Waals surface area contributed by atoms with Crippen LogP contribution in [0.25, 0.3) is 11.1 Å². The summed E-state index contributed by atoms with van der Waals surface area (Å²) in [4.78, 5) is 15.3. The molecule has 90 valence electrons. The van der Waals surface area contributed by atoms with Crippen molar-refractivity contribution in [3.8, 4) is 16.9 Å². The van der Waals surface area contributed by atoms with Gasteiger partial charge in [0.2, 0.25) is 0 Å². The van der Waals surface area contributed by atoms with Crippen molar-refractivity contribution in [1.82, 2.24) is 4.98 Å². The number of ether oxygens (including phenoxy) is 1. The second-order valence-electron chi connectivity index (χ2n) is 4.24. The van der Waals surface area contributed by atoms with E-state index in [4.69, 9.17) is 4.74 Å². The summed E-state index contributed by atoms with van der Waals surface area (Å²) in [6, 6.07) is 7.71. The first kappa shape index (κ1) is 10.8. The molecule has 1 amide bonds. The number of rotatable bonds is 1. The predicted molar refractivity (Wildman–Crippen MR) is 68.5 cm³/mol. The molecule has 0 unspecified atom stereocenters. The lowest BCUT2D eigenvalue weighted by molar-refractivity contribution is -0.118. The molecule has 0 saturated heterocycles. The van der Waals surface area contributed by atoms with Crippen LogP contribution in [0.1, 0.15) is 5.56 Å². The summed E-state index contributed by atoms with van der Waals surface area (Å²) < 4.78 is 5.41. The Morgan fingerprint density at radius 2 is 2.22 bits per heavy atom. The lowest BCUT2D eigenvalue weighted by atomic mass is 10.0. The zero-order valence-electron chi connectivity index (χ0n) is 9.93. The van der Waals surface area contributed by atoms with Gasteiger partial charge in [0, 0.05) is 18.0 Å². The fraction of sp³-hybridized carbons (Fsp3) is 0.143. The minimum atomic E-state index is -0.118. The van der Waals surface area contributed by atoms with Gasteiger partial charge in [-0.25, -0.2) is 0 Å². The van der Waals surface area contributed by atoms with Crippen LogP contribution in [-0.2, 0) is 4.79 Å². The molecule has 2 aromatic rings. The Hall–Kier alpha value is -2.36. The van der Waals surface area contributed by atoms with E-state index in [0.29, 0.717) is 5.75 Å². The molecule has 4 heteroatoms. The first-order valence-electron chi connectivity index (χ1n) is 5.72. The van der Waals surface area contributed by atoms with Crippen molar-refractivity contribution in [1.29, 1.82) is 0 Å². The second kappa shape index (κ2) is 4.14. The molecule has 0 spiro atoms. The number of hydrogen-bond donors (Lipinski definition) is 1. The molecule has 0 saturated carbocycles. The molecule has 0 atom stereocenters. The zero-order valence-corrected chi connectivity index (χ0v) is 9.93. The van der Waals surface area contributed by atoms with Gasteiger partial charge in [-0.15, -0.1) is 0 Å². The van der Waals surface area contributed by atoms with E-state index in [2.05, 4.69) is 10.3 Å². The van der Waals surface area contributed by atoms with Crippen molar-refractivity contribution in [2.75, 3.05) is 11.9 Å². The van der Waals surface area contributed by atoms with Gasteiger partial charge >= 0.3 is 0 Å². The van der Waals surface area contributed by atoms with E-state index in [9.17, 15) is 4.79 Å². The maximum absolute atomic E-state index is 11.2. The van der Waals surface area contributed by atoms with E-state index < -0.39 is 0 Å². The molecule has 0 bridgehead atoms. The molecule has 0 radical (unpaired) electrons. The van der Waals surface area contributed by atoms with Gasteiger partial charge in [0.15, 0.2) is 6.61 Å². The van der Waals surface area contributed by atoms with Gasteiger partial charge in [-0.1, -0.05) is 6.07 Å². The lowest BCUT2D eigenvalue weighted by Crippen LogP contribution is -2.25. The Bertz CT molecular complexity index is 623. The van der Waals surface area contributed by atoms with Crippen LogP contribution in [0.2, 0.25) is 0 Å². The van der Waals surface area contributed by atoms with E-state index in [1.807, 2.05) is 37.4 Å². The lowest BCUT2D eigenvalue weighted by Gasteiger charge is -2.18. The maximum Gasteiger partial charge on any atom is 0.262 e. The van der Waals surface area contributed by atoms with Crippen LogP contribution < -0.4 is 10.1 Å². The second-order valence-corrected chi connectivity index (χ2v) is 4.24. The van der Waals surface area contributed by atoms with Gasteiger partial charge < -0.3 is 10.1 Å². The van der Waals surface area contributed by atoms with Crippen LogP contribution in [0.3, 0.4) is 0 Å². The van der Waals surface area contributed by atoms with Gasteiger partial charge in [0.1, 0.15) is 5.75 Å². The maximum atomic E-state index is 11.2. The van der Waals surface area contributed by atoms with Crippen LogP contribution in [0.4, 0.5) is 5.69 Å². The number of aromatic nitrogens is 1. The Balaban J connectivity index is 2.05. The molecule has 1 aromatic heterocycles. The van der Waals surface area contributed by atoms with Gasteiger partial charge in [-0.05, 0) is 36.2 Å². The van der Waals surface area contributed by atoms with Crippen LogP contribution in [-0.4, -0.2) is 17.5 Å². The number of nitrogens with one attached hydrogen (secondary N) is 1. The molecule has 18 heavy (non-hydrogen) atoms. The molecule has 0 fully saturated rings. The Kier molecular flexibility index (Phi) is 2.48. The Morgan fingerprint density at radius 1 is 1.33 bits per heavy atom. The summed E-state index contributed by atoms with van der Waals surface area (Å²) in [6.07, 6.45) is 3.60. The topological polar surface area (TPSA) is 51.2 Å². The van der Waals surface area contributed by atoms with Crippen LogP contribution >= 0.6 is 0 Å². The third-order valence-corrected chi connectivity index (χ3v) is 2.96.